The third-order valence-corrected chi connectivity index (χ3v) is 5.74. The number of benzene rings is 2. The lowest BCUT2D eigenvalue weighted by Crippen LogP contribution is -2.34. The fraction of sp³-hybridized carbons (Fsp3) is 0.150. The Balaban J connectivity index is 2.03. The molecule has 4 N–H and O–H groups in total. The van der Waals surface area contributed by atoms with Crippen LogP contribution in [0.5, 0.6) is 5.75 Å². The van der Waals surface area contributed by atoms with Crippen LogP contribution in [0, 0.1) is 0 Å². The Labute approximate surface area is 183 Å². The molecule has 0 saturated heterocycles. The van der Waals surface area contributed by atoms with Gasteiger partial charge in [-0.15, -0.1) is 0 Å². The number of hydrogen-bond acceptors (Lipinski definition) is 5. The largest absolute Gasteiger partial charge is 0.506 e. The second-order valence-electron chi connectivity index (χ2n) is 6.61. The fourth-order valence-electron chi connectivity index (χ4n) is 3.15. The number of phenols is 1. The minimum absolute atomic E-state index is 0.0667. The van der Waals surface area contributed by atoms with E-state index in [0.717, 1.165) is 6.29 Å². The van der Waals surface area contributed by atoms with Crippen LogP contribution in [0.3, 0.4) is 0 Å². The average molecular weight is 523 g/mol. The van der Waals surface area contributed by atoms with Gasteiger partial charge in [0.2, 0.25) is 5.91 Å². The van der Waals surface area contributed by atoms with E-state index in [1.807, 2.05) is 0 Å². The highest BCUT2D eigenvalue weighted by atomic mass is 79.9. The van der Waals surface area contributed by atoms with Gasteiger partial charge in [0.15, 0.2) is 0 Å². The molecule has 1 heterocycles. The molecule has 150 valence electrons. The maximum Gasteiger partial charge on any atom is 0.256 e. The number of phenolic OH excluding ortho intramolecular Hbond substituents is 1. The van der Waals surface area contributed by atoms with E-state index in [4.69, 9.17) is 5.73 Å². The predicted molar refractivity (Wildman–Crippen MR) is 117 cm³/mol. The van der Waals surface area contributed by atoms with Crippen molar-refractivity contribution in [1.29, 1.82) is 0 Å². The molecule has 0 aromatic heterocycles. The zero-order chi connectivity index (χ0) is 21.3. The quantitative estimate of drug-likeness (QED) is 0.398. The number of primary amides is 1. The van der Waals surface area contributed by atoms with Crippen LogP contribution >= 0.6 is 31.9 Å². The second kappa shape index (κ2) is 8.48. The number of carbonyl (C=O) groups is 3. The number of halogens is 2. The molecule has 0 spiro atoms. The first kappa shape index (κ1) is 21.2. The Morgan fingerprint density at radius 1 is 1.28 bits per heavy atom. The number of nitrogens with two attached hydrogens (primary N) is 1. The molecule has 7 nitrogen and oxygen atoms in total. The van der Waals surface area contributed by atoms with E-state index in [1.54, 1.807) is 48.4 Å². The lowest BCUT2D eigenvalue weighted by Gasteiger charge is -2.22. The van der Waals surface area contributed by atoms with E-state index in [2.05, 4.69) is 37.2 Å². The van der Waals surface area contributed by atoms with Crippen LogP contribution in [0.25, 0.3) is 11.6 Å². The standard InChI is InChI=1S/C20H17Br2N3O4/c1-25(8-18(23)27)17(9-26)11-2-3-16-12(7-11)13(20(29)24-16)4-10-5-14(21)19(28)15(22)6-10/h2-7,9,17,28H,8H2,1H3,(H2,23,27)(H,24,29)/b13-4-. The summed E-state index contributed by atoms with van der Waals surface area (Å²) in [5.41, 5.74) is 8.26. The van der Waals surface area contributed by atoms with Gasteiger partial charge in [-0.2, -0.15) is 0 Å². The maximum atomic E-state index is 12.5. The van der Waals surface area contributed by atoms with Crippen LogP contribution in [0.2, 0.25) is 0 Å². The van der Waals surface area contributed by atoms with Gasteiger partial charge in [0.1, 0.15) is 12.0 Å². The van der Waals surface area contributed by atoms with Gasteiger partial charge >= 0.3 is 0 Å². The summed E-state index contributed by atoms with van der Waals surface area (Å²) in [5.74, 6) is -0.746. The molecule has 1 aliphatic heterocycles. The SMILES string of the molecule is CN(CC(N)=O)C(C=O)c1ccc2c(c1)/C(=C/c1cc(Br)c(O)c(Br)c1)C(=O)N2. The normalized spacial score (nSPS) is 15.3. The minimum Gasteiger partial charge on any atom is -0.506 e. The van der Waals surface area contributed by atoms with Gasteiger partial charge in [0, 0.05) is 16.8 Å². The minimum atomic E-state index is -0.679. The molecule has 1 atom stereocenters. The summed E-state index contributed by atoms with van der Waals surface area (Å²) in [7, 11) is 1.63. The maximum absolute atomic E-state index is 12.5. The molecule has 29 heavy (non-hydrogen) atoms. The smallest absolute Gasteiger partial charge is 0.256 e. The molecule has 9 heteroatoms. The first-order valence-electron chi connectivity index (χ1n) is 8.50. The fourth-order valence-corrected chi connectivity index (χ4v) is 4.37. The summed E-state index contributed by atoms with van der Waals surface area (Å²) in [5, 5.41) is 12.7. The van der Waals surface area contributed by atoms with E-state index < -0.39 is 11.9 Å². The summed E-state index contributed by atoms with van der Waals surface area (Å²) >= 11 is 6.55. The number of likely N-dealkylation sites (N-methyl/N-ethyl adjacent to an activating group) is 1. The molecule has 0 aliphatic carbocycles. The number of nitrogens with one attached hydrogen (secondary N) is 1. The molecule has 2 amide bonds. The Hall–Kier alpha value is -2.49. The average Bonchev–Trinajstić information content (AvgIpc) is 2.95. The Morgan fingerprint density at radius 3 is 2.52 bits per heavy atom. The molecule has 0 fully saturated rings. The number of amides is 2. The number of aromatic hydroxyl groups is 1. The zero-order valence-electron chi connectivity index (χ0n) is 15.3. The molecular formula is C20H17Br2N3O4. The number of anilines is 1. The van der Waals surface area contributed by atoms with Gasteiger partial charge in [0.25, 0.3) is 5.91 Å². The van der Waals surface area contributed by atoms with Crippen molar-refractivity contribution in [2.45, 2.75) is 6.04 Å². The Bertz CT molecular complexity index is 1030. The molecule has 2 aromatic rings. The first-order valence-corrected chi connectivity index (χ1v) is 10.1. The molecular weight excluding hydrogens is 506 g/mol. The van der Waals surface area contributed by atoms with Crippen LogP contribution in [0.15, 0.2) is 39.3 Å². The van der Waals surface area contributed by atoms with E-state index in [0.29, 0.717) is 36.9 Å². The summed E-state index contributed by atoms with van der Waals surface area (Å²) in [6.07, 6.45) is 2.43. The van der Waals surface area contributed by atoms with Crippen LogP contribution in [0.4, 0.5) is 5.69 Å². The molecule has 1 unspecified atom stereocenters. The number of rotatable bonds is 6. The molecule has 3 rings (SSSR count). The zero-order valence-corrected chi connectivity index (χ0v) is 18.5. The van der Waals surface area contributed by atoms with Crippen molar-refractivity contribution in [2.24, 2.45) is 5.73 Å². The predicted octanol–water partition coefficient (Wildman–Crippen LogP) is 3.07. The summed E-state index contributed by atoms with van der Waals surface area (Å²) < 4.78 is 0.973. The van der Waals surface area contributed by atoms with Gasteiger partial charge in [0.05, 0.1) is 21.5 Å². The Morgan fingerprint density at radius 2 is 1.93 bits per heavy atom. The number of carbonyl (C=O) groups excluding carboxylic acids is 3. The van der Waals surface area contributed by atoms with Crippen LogP contribution in [0.1, 0.15) is 22.7 Å². The topological polar surface area (TPSA) is 113 Å². The van der Waals surface area contributed by atoms with E-state index in [-0.39, 0.29) is 18.2 Å². The van der Waals surface area contributed by atoms with Crippen molar-refractivity contribution >= 4 is 67.3 Å². The summed E-state index contributed by atoms with van der Waals surface area (Å²) in [4.78, 5) is 36.9. The van der Waals surface area contributed by atoms with Crippen molar-refractivity contribution in [3.8, 4) is 5.75 Å². The van der Waals surface area contributed by atoms with Crippen molar-refractivity contribution < 1.29 is 19.5 Å². The summed E-state index contributed by atoms with van der Waals surface area (Å²) in [6, 6.07) is 7.91. The van der Waals surface area contributed by atoms with E-state index in [1.165, 1.54) is 0 Å². The highest BCUT2D eigenvalue weighted by Crippen LogP contribution is 2.38. The molecule has 0 saturated carbocycles. The van der Waals surface area contributed by atoms with E-state index in [9.17, 15) is 19.5 Å². The van der Waals surface area contributed by atoms with Crippen molar-refractivity contribution in [1.82, 2.24) is 4.90 Å². The van der Waals surface area contributed by atoms with Crippen LogP contribution < -0.4 is 11.1 Å². The molecule has 0 bridgehead atoms. The molecule has 2 aromatic carbocycles. The lowest BCUT2D eigenvalue weighted by atomic mass is 9.98. The Kier molecular flexibility index (Phi) is 6.21. The number of fused-ring (bicyclic) bond motifs is 1. The number of aldehydes is 1. The third-order valence-electron chi connectivity index (χ3n) is 4.53. The third kappa shape index (κ3) is 4.42. The number of nitrogens with zero attached hydrogens (tertiary/aromatic N) is 1. The van der Waals surface area contributed by atoms with Crippen molar-refractivity contribution in [3.05, 3.63) is 56.0 Å². The second-order valence-corrected chi connectivity index (χ2v) is 8.32. The highest BCUT2D eigenvalue weighted by molar-refractivity contribution is 9.11. The number of hydrogen-bond donors (Lipinski definition) is 3. The lowest BCUT2D eigenvalue weighted by molar-refractivity contribution is -0.120. The summed E-state index contributed by atoms with van der Waals surface area (Å²) in [6.45, 7) is -0.0735. The van der Waals surface area contributed by atoms with Gasteiger partial charge in [-0.05, 0) is 80.4 Å². The van der Waals surface area contributed by atoms with Crippen molar-refractivity contribution in [2.75, 3.05) is 18.9 Å². The van der Waals surface area contributed by atoms with Gasteiger partial charge in [-0.1, -0.05) is 6.07 Å². The monoisotopic (exact) mass is 521 g/mol. The van der Waals surface area contributed by atoms with Gasteiger partial charge in [-0.25, -0.2) is 0 Å². The highest BCUT2D eigenvalue weighted by Gasteiger charge is 2.27. The first-order chi connectivity index (χ1) is 13.7. The van der Waals surface area contributed by atoms with Gasteiger partial charge < -0.3 is 21.0 Å². The molecule has 1 aliphatic rings. The van der Waals surface area contributed by atoms with E-state index >= 15 is 0 Å². The van der Waals surface area contributed by atoms with Crippen LogP contribution in [-0.4, -0.2) is 41.7 Å². The molecule has 0 radical (unpaired) electrons. The van der Waals surface area contributed by atoms with Crippen molar-refractivity contribution in [3.63, 3.8) is 0 Å². The van der Waals surface area contributed by atoms with Gasteiger partial charge in [-0.3, -0.25) is 14.5 Å². The van der Waals surface area contributed by atoms with Crippen LogP contribution in [-0.2, 0) is 14.4 Å².